The van der Waals surface area contributed by atoms with E-state index in [0.29, 0.717) is 33.4 Å². The highest BCUT2D eigenvalue weighted by atomic mass is 35.5. The molecule has 0 unspecified atom stereocenters. The Bertz CT molecular complexity index is 1290. The van der Waals surface area contributed by atoms with Gasteiger partial charge in [-0.05, 0) is 55.8 Å². The van der Waals surface area contributed by atoms with E-state index in [1.807, 2.05) is 49.4 Å². The normalized spacial score (nSPS) is 11.7. The molecule has 4 nitrogen and oxygen atoms in total. The van der Waals surface area contributed by atoms with E-state index in [9.17, 15) is 9.18 Å². The minimum atomic E-state index is -0.365. The van der Waals surface area contributed by atoms with Crippen LogP contribution in [0.4, 0.5) is 10.1 Å². The van der Waals surface area contributed by atoms with Crippen molar-refractivity contribution in [2.24, 2.45) is 4.99 Å². The van der Waals surface area contributed by atoms with Gasteiger partial charge in [0.1, 0.15) is 5.82 Å². The fourth-order valence-electron chi connectivity index (χ4n) is 3.31. The smallest absolute Gasteiger partial charge is 0.280 e. The monoisotopic (exact) mass is 419 g/mol. The molecule has 30 heavy (non-hydrogen) atoms. The standard InChI is InChI=1S/C24H19ClFN3O/c1-15-20(25)9-6-10-21(15)27-16(2)22-23(17-7-4-3-5-8-17)28-29(24(22)30)19-13-11-18(26)12-14-19/h3-14,28H,1-2H3. The molecule has 6 heteroatoms. The lowest BCUT2D eigenvalue weighted by molar-refractivity contribution is 0.627. The lowest BCUT2D eigenvalue weighted by Gasteiger charge is -2.05. The van der Waals surface area contributed by atoms with Crippen molar-refractivity contribution in [1.29, 1.82) is 0 Å². The minimum Gasteiger partial charge on any atom is -0.290 e. The second-order valence-electron chi connectivity index (χ2n) is 6.93. The van der Waals surface area contributed by atoms with Crippen LogP contribution in [-0.4, -0.2) is 15.5 Å². The molecule has 1 aromatic heterocycles. The van der Waals surface area contributed by atoms with Crippen molar-refractivity contribution >= 4 is 23.0 Å². The van der Waals surface area contributed by atoms with Crippen molar-refractivity contribution in [1.82, 2.24) is 9.78 Å². The van der Waals surface area contributed by atoms with E-state index in [1.54, 1.807) is 25.1 Å². The van der Waals surface area contributed by atoms with E-state index in [0.717, 1.165) is 11.1 Å². The summed E-state index contributed by atoms with van der Waals surface area (Å²) in [5, 5.41) is 3.79. The molecule has 0 aliphatic heterocycles. The number of halogens is 2. The molecule has 0 amide bonds. The number of nitrogens with zero attached hydrogens (tertiary/aromatic N) is 2. The Morgan fingerprint density at radius 2 is 1.70 bits per heavy atom. The van der Waals surface area contributed by atoms with Gasteiger partial charge in [-0.3, -0.25) is 14.9 Å². The van der Waals surface area contributed by atoms with Crippen LogP contribution < -0.4 is 5.56 Å². The van der Waals surface area contributed by atoms with Gasteiger partial charge >= 0.3 is 0 Å². The molecule has 0 bridgehead atoms. The third-order valence-corrected chi connectivity index (χ3v) is 5.34. The van der Waals surface area contributed by atoms with Crippen LogP contribution >= 0.6 is 11.6 Å². The van der Waals surface area contributed by atoms with Gasteiger partial charge in [0.05, 0.1) is 28.3 Å². The van der Waals surface area contributed by atoms with Gasteiger partial charge in [-0.1, -0.05) is 48.0 Å². The maximum Gasteiger partial charge on any atom is 0.280 e. The van der Waals surface area contributed by atoms with E-state index >= 15 is 0 Å². The lowest BCUT2D eigenvalue weighted by Crippen LogP contribution is -2.19. The van der Waals surface area contributed by atoms with Crippen LogP contribution in [0.2, 0.25) is 5.02 Å². The molecule has 3 aromatic carbocycles. The first-order chi connectivity index (χ1) is 14.5. The number of nitrogens with one attached hydrogen (secondary N) is 1. The van der Waals surface area contributed by atoms with E-state index in [1.165, 1.54) is 16.8 Å². The van der Waals surface area contributed by atoms with Crippen molar-refractivity contribution in [2.45, 2.75) is 13.8 Å². The highest BCUT2D eigenvalue weighted by Crippen LogP contribution is 2.27. The van der Waals surface area contributed by atoms with Crippen LogP contribution in [0, 0.1) is 12.7 Å². The largest absolute Gasteiger partial charge is 0.290 e. The molecule has 0 radical (unpaired) electrons. The number of aromatic amines is 1. The second kappa shape index (κ2) is 8.13. The Morgan fingerprint density at radius 3 is 2.40 bits per heavy atom. The topological polar surface area (TPSA) is 50.1 Å². The van der Waals surface area contributed by atoms with Crippen molar-refractivity contribution in [3.05, 3.63) is 105 Å². The first-order valence-electron chi connectivity index (χ1n) is 9.43. The average Bonchev–Trinajstić information content (AvgIpc) is 3.10. The van der Waals surface area contributed by atoms with Gasteiger partial charge in [0, 0.05) is 10.6 Å². The van der Waals surface area contributed by atoms with Crippen molar-refractivity contribution < 1.29 is 4.39 Å². The Labute approximate surface area is 178 Å². The summed E-state index contributed by atoms with van der Waals surface area (Å²) in [6.45, 7) is 3.69. The molecule has 0 spiro atoms. The van der Waals surface area contributed by atoms with Crippen LogP contribution in [-0.2, 0) is 0 Å². The van der Waals surface area contributed by atoms with Gasteiger partial charge in [-0.25, -0.2) is 9.07 Å². The average molecular weight is 420 g/mol. The summed E-state index contributed by atoms with van der Waals surface area (Å²) in [7, 11) is 0. The Hall–Kier alpha value is -3.44. The van der Waals surface area contributed by atoms with Gasteiger partial charge in [-0.15, -0.1) is 0 Å². The third-order valence-electron chi connectivity index (χ3n) is 4.93. The Morgan fingerprint density at radius 1 is 1.00 bits per heavy atom. The lowest BCUT2D eigenvalue weighted by atomic mass is 10.0. The quantitative estimate of drug-likeness (QED) is 0.401. The zero-order valence-corrected chi connectivity index (χ0v) is 17.2. The van der Waals surface area contributed by atoms with E-state index in [-0.39, 0.29) is 11.4 Å². The fraction of sp³-hybridized carbons (Fsp3) is 0.0833. The molecular formula is C24H19ClFN3O. The van der Waals surface area contributed by atoms with E-state index in [4.69, 9.17) is 16.6 Å². The summed E-state index contributed by atoms with van der Waals surface area (Å²) in [6.07, 6.45) is 0. The summed E-state index contributed by atoms with van der Waals surface area (Å²) < 4.78 is 14.8. The van der Waals surface area contributed by atoms with Gasteiger partial charge < -0.3 is 0 Å². The first-order valence-corrected chi connectivity index (χ1v) is 9.80. The predicted octanol–water partition coefficient (Wildman–Crippen LogP) is 6.07. The molecule has 0 aliphatic rings. The molecule has 150 valence electrons. The highest BCUT2D eigenvalue weighted by molar-refractivity contribution is 6.31. The maximum atomic E-state index is 13.4. The Balaban J connectivity index is 1.93. The molecule has 0 saturated heterocycles. The summed E-state index contributed by atoms with van der Waals surface area (Å²) in [6, 6.07) is 20.8. The zero-order valence-electron chi connectivity index (χ0n) is 16.5. The summed E-state index contributed by atoms with van der Waals surface area (Å²) in [5.41, 5.74) is 4.32. The Kier molecular flexibility index (Phi) is 5.38. The molecule has 0 fully saturated rings. The van der Waals surface area contributed by atoms with Crippen LogP contribution in [0.1, 0.15) is 18.1 Å². The first kappa shape index (κ1) is 19.9. The number of benzene rings is 3. The molecule has 4 rings (SSSR count). The van der Waals surface area contributed by atoms with Crippen molar-refractivity contribution in [3.8, 4) is 16.9 Å². The van der Waals surface area contributed by atoms with Crippen LogP contribution in [0.3, 0.4) is 0 Å². The van der Waals surface area contributed by atoms with Crippen molar-refractivity contribution in [2.75, 3.05) is 0 Å². The SMILES string of the molecule is CC(=Nc1cccc(Cl)c1C)c1c(-c2ccccc2)[nH]n(-c2ccc(F)cc2)c1=O. The molecule has 0 saturated carbocycles. The van der Waals surface area contributed by atoms with Gasteiger partial charge in [0.2, 0.25) is 0 Å². The molecule has 0 atom stereocenters. The number of hydrogen-bond donors (Lipinski definition) is 1. The number of hydrogen-bond acceptors (Lipinski definition) is 2. The molecule has 4 aromatic rings. The van der Waals surface area contributed by atoms with Gasteiger partial charge in [-0.2, -0.15) is 0 Å². The number of aliphatic imine (C=N–C) groups is 1. The van der Waals surface area contributed by atoms with Crippen LogP contribution in [0.25, 0.3) is 16.9 Å². The van der Waals surface area contributed by atoms with Crippen LogP contribution in [0.5, 0.6) is 0 Å². The third kappa shape index (κ3) is 3.72. The maximum absolute atomic E-state index is 13.4. The zero-order chi connectivity index (χ0) is 21.3. The summed E-state index contributed by atoms with van der Waals surface area (Å²) in [5.74, 6) is -0.365. The number of rotatable bonds is 4. The molecular weight excluding hydrogens is 401 g/mol. The molecule has 1 heterocycles. The van der Waals surface area contributed by atoms with Gasteiger partial charge in [0.25, 0.3) is 5.56 Å². The summed E-state index contributed by atoms with van der Waals surface area (Å²) in [4.78, 5) is 18.1. The van der Waals surface area contributed by atoms with Gasteiger partial charge in [0.15, 0.2) is 0 Å². The van der Waals surface area contributed by atoms with E-state index < -0.39 is 0 Å². The predicted molar refractivity (Wildman–Crippen MR) is 120 cm³/mol. The number of aromatic nitrogens is 2. The molecule has 0 aliphatic carbocycles. The van der Waals surface area contributed by atoms with E-state index in [2.05, 4.69) is 5.10 Å². The van der Waals surface area contributed by atoms with Crippen molar-refractivity contribution in [3.63, 3.8) is 0 Å². The highest BCUT2D eigenvalue weighted by Gasteiger charge is 2.19. The summed E-state index contributed by atoms with van der Waals surface area (Å²) >= 11 is 6.23. The second-order valence-corrected chi connectivity index (χ2v) is 7.33. The number of H-pyrrole nitrogens is 1. The molecule has 1 N–H and O–H groups in total. The van der Waals surface area contributed by atoms with Crippen LogP contribution in [0.15, 0.2) is 82.6 Å². The minimum absolute atomic E-state index is 0.263. The fourth-order valence-corrected chi connectivity index (χ4v) is 3.48.